The fourth-order valence-corrected chi connectivity index (χ4v) is 2.13. The van der Waals surface area contributed by atoms with Crippen molar-refractivity contribution in [2.45, 2.75) is 0 Å². The normalized spacial score (nSPS) is 9.92. The van der Waals surface area contributed by atoms with Crippen LogP contribution >= 0.6 is 0 Å². The molecule has 9 nitrogen and oxygen atoms in total. The molecule has 0 unspecified atom stereocenters. The van der Waals surface area contributed by atoms with E-state index < -0.39 is 18.0 Å². The third kappa shape index (κ3) is 4.41. The van der Waals surface area contributed by atoms with Crippen LogP contribution in [0.15, 0.2) is 36.4 Å². The Bertz CT molecular complexity index is 844. The number of anilines is 2. The highest BCUT2D eigenvalue weighted by atomic mass is 16.5. The van der Waals surface area contributed by atoms with E-state index in [1.54, 1.807) is 0 Å². The lowest BCUT2D eigenvalue weighted by Gasteiger charge is -2.12. The summed E-state index contributed by atoms with van der Waals surface area (Å²) in [5, 5.41) is 23.6. The summed E-state index contributed by atoms with van der Waals surface area (Å²) in [6.45, 7) is 0. The molecule has 0 bridgehead atoms. The van der Waals surface area contributed by atoms with Gasteiger partial charge in [-0.25, -0.2) is 14.4 Å². The molecule has 0 aliphatic heterocycles. The standard InChI is InChI=1S/C17H16N2O7/c1-25-15(22)9-3-4-13(16(23)26-2)14(5-9)19-17(24)18-10-6-11(20)8-12(21)7-10/h3-8,20-21H,1-2H3,(H2,18,19,24). The number of aromatic hydroxyl groups is 2. The molecule has 2 aromatic carbocycles. The van der Waals surface area contributed by atoms with Crippen LogP contribution in [0.1, 0.15) is 20.7 Å². The largest absolute Gasteiger partial charge is 0.508 e. The van der Waals surface area contributed by atoms with Gasteiger partial charge >= 0.3 is 18.0 Å². The Hall–Kier alpha value is -3.75. The van der Waals surface area contributed by atoms with Gasteiger partial charge in [-0.1, -0.05) is 0 Å². The van der Waals surface area contributed by atoms with Crippen LogP contribution in [-0.2, 0) is 9.47 Å². The summed E-state index contributed by atoms with van der Waals surface area (Å²) in [6, 6.07) is 6.68. The number of carbonyl (C=O) groups is 3. The number of carbonyl (C=O) groups excluding carboxylic acids is 3. The lowest BCUT2D eigenvalue weighted by atomic mass is 10.1. The second-order valence-electron chi connectivity index (χ2n) is 5.06. The number of urea groups is 1. The first-order valence-electron chi connectivity index (χ1n) is 7.25. The van der Waals surface area contributed by atoms with Crippen LogP contribution in [0, 0.1) is 0 Å². The molecule has 0 radical (unpaired) electrons. The number of nitrogens with one attached hydrogen (secondary N) is 2. The second kappa shape index (κ2) is 7.88. The number of phenolic OH excluding ortho intramolecular Hbond substituents is 2. The highest BCUT2D eigenvalue weighted by molar-refractivity contribution is 6.06. The van der Waals surface area contributed by atoms with Crippen molar-refractivity contribution in [2.24, 2.45) is 0 Å². The molecule has 2 aromatic rings. The Morgan fingerprint density at radius 1 is 0.846 bits per heavy atom. The van der Waals surface area contributed by atoms with Gasteiger partial charge in [0, 0.05) is 23.9 Å². The number of amides is 2. The maximum atomic E-state index is 12.2. The number of phenols is 2. The maximum Gasteiger partial charge on any atom is 0.339 e. The van der Waals surface area contributed by atoms with E-state index >= 15 is 0 Å². The van der Waals surface area contributed by atoms with Crippen molar-refractivity contribution in [2.75, 3.05) is 24.9 Å². The molecule has 0 atom stereocenters. The number of methoxy groups -OCH3 is 2. The SMILES string of the molecule is COC(=O)c1ccc(C(=O)OC)c(NC(=O)Nc2cc(O)cc(O)c2)c1. The Kier molecular flexibility index (Phi) is 5.63. The Morgan fingerprint density at radius 3 is 2.04 bits per heavy atom. The van der Waals surface area contributed by atoms with Gasteiger partial charge in [0.25, 0.3) is 0 Å². The van der Waals surface area contributed by atoms with Crippen molar-refractivity contribution in [3.63, 3.8) is 0 Å². The summed E-state index contributed by atoms with van der Waals surface area (Å²) in [5.74, 6) is -1.86. The number of hydrogen-bond acceptors (Lipinski definition) is 7. The van der Waals surface area contributed by atoms with E-state index in [1.165, 1.54) is 44.6 Å². The van der Waals surface area contributed by atoms with E-state index in [2.05, 4.69) is 20.1 Å². The van der Waals surface area contributed by atoms with Crippen molar-refractivity contribution in [3.05, 3.63) is 47.5 Å². The van der Waals surface area contributed by atoms with Crippen molar-refractivity contribution in [1.29, 1.82) is 0 Å². The molecule has 9 heteroatoms. The molecule has 0 saturated heterocycles. The molecule has 136 valence electrons. The lowest BCUT2D eigenvalue weighted by Crippen LogP contribution is -2.21. The predicted octanol–water partition coefficient (Wildman–Crippen LogP) is 2.31. The molecular formula is C17H16N2O7. The summed E-state index contributed by atoms with van der Waals surface area (Å²) >= 11 is 0. The zero-order chi connectivity index (χ0) is 19.3. The third-order valence-electron chi connectivity index (χ3n) is 3.25. The smallest absolute Gasteiger partial charge is 0.339 e. The van der Waals surface area contributed by atoms with Crippen molar-refractivity contribution in [3.8, 4) is 11.5 Å². The van der Waals surface area contributed by atoms with Gasteiger partial charge in [-0.15, -0.1) is 0 Å². The quantitative estimate of drug-likeness (QED) is 0.615. The van der Waals surface area contributed by atoms with Crippen LogP contribution in [0.3, 0.4) is 0 Å². The molecule has 0 aromatic heterocycles. The van der Waals surface area contributed by atoms with Gasteiger partial charge in [0.2, 0.25) is 0 Å². The van der Waals surface area contributed by atoms with Gasteiger partial charge in [-0.05, 0) is 18.2 Å². The fraction of sp³-hybridized carbons (Fsp3) is 0.118. The first-order chi connectivity index (χ1) is 12.3. The lowest BCUT2D eigenvalue weighted by molar-refractivity contribution is 0.0587. The highest BCUT2D eigenvalue weighted by Crippen LogP contribution is 2.25. The van der Waals surface area contributed by atoms with E-state index in [-0.39, 0.29) is 34.0 Å². The zero-order valence-corrected chi connectivity index (χ0v) is 13.9. The molecule has 2 amide bonds. The van der Waals surface area contributed by atoms with Gasteiger partial charge in [0.15, 0.2) is 0 Å². The summed E-state index contributed by atoms with van der Waals surface area (Å²) in [7, 11) is 2.38. The summed E-state index contributed by atoms with van der Waals surface area (Å²) in [5.41, 5.74) is 0.268. The van der Waals surface area contributed by atoms with E-state index in [9.17, 15) is 24.6 Å². The summed E-state index contributed by atoms with van der Waals surface area (Å²) < 4.78 is 9.25. The summed E-state index contributed by atoms with van der Waals surface area (Å²) in [6.07, 6.45) is 0. The zero-order valence-electron chi connectivity index (χ0n) is 13.9. The van der Waals surface area contributed by atoms with Crippen LogP contribution in [0.5, 0.6) is 11.5 Å². The van der Waals surface area contributed by atoms with E-state index in [1.807, 2.05) is 0 Å². The highest BCUT2D eigenvalue weighted by Gasteiger charge is 2.17. The Morgan fingerprint density at radius 2 is 1.46 bits per heavy atom. The van der Waals surface area contributed by atoms with E-state index in [0.717, 1.165) is 6.07 Å². The number of hydrogen-bond donors (Lipinski definition) is 4. The van der Waals surface area contributed by atoms with Gasteiger partial charge in [0.05, 0.1) is 31.0 Å². The van der Waals surface area contributed by atoms with Crippen molar-refractivity contribution >= 4 is 29.3 Å². The van der Waals surface area contributed by atoms with Crippen molar-refractivity contribution in [1.82, 2.24) is 0 Å². The Balaban J connectivity index is 2.28. The van der Waals surface area contributed by atoms with Crippen LogP contribution in [0.2, 0.25) is 0 Å². The predicted molar refractivity (Wildman–Crippen MR) is 91.5 cm³/mol. The molecular weight excluding hydrogens is 344 g/mol. The first kappa shape index (κ1) is 18.6. The van der Waals surface area contributed by atoms with Gasteiger partial charge in [-0.2, -0.15) is 0 Å². The number of rotatable bonds is 4. The molecule has 0 spiro atoms. The first-order valence-corrected chi connectivity index (χ1v) is 7.25. The minimum Gasteiger partial charge on any atom is -0.508 e. The van der Waals surface area contributed by atoms with E-state index in [0.29, 0.717) is 0 Å². The molecule has 0 aliphatic carbocycles. The minimum absolute atomic E-state index is 0.0154. The van der Waals surface area contributed by atoms with Gasteiger partial charge in [-0.3, -0.25) is 0 Å². The monoisotopic (exact) mass is 360 g/mol. The number of benzene rings is 2. The topological polar surface area (TPSA) is 134 Å². The van der Waals surface area contributed by atoms with Crippen LogP contribution in [-0.4, -0.2) is 42.4 Å². The Labute approximate surface area is 148 Å². The molecule has 0 fully saturated rings. The number of esters is 2. The second-order valence-corrected chi connectivity index (χ2v) is 5.06. The van der Waals surface area contributed by atoms with Crippen LogP contribution in [0.25, 0.3) is 0 Å². The third-order valence-corrected chi connectivity index (χ3v) is 3.25. The van der Waals surface area contributed by atoms with Gasteiger partial charge < -0.3 is 30.3 Å². The fourth-order valence-electron chi connectivity index (χ4n) is 2.13. The molecule has 0 aliphatic rings. The van der Waals surface area contributed by atoms with Crippen LogP contribution < -0.4 is 10.6 Å². The van der Waals surface area contributed by atoms with Gasteiger partial charge in [0.1, 0.15) is 11.5 Å². The molecule has 0 saturated carbocycles. The minimum atomic E-state index is -0.776. The van der Waals surface area contributed by atoms with Crippen LogP contribution in [0.4, 0.5) is 16.2 Å². The average Bonchev–Trinajstić information content (AvgIpc) is 2.59. The number of ether oxygens (including phenoxy) is 2. The molecule has 4 N–H and O–H groups in total. The average molecular weight is 360 g/mol. The molecule has 0 heterocycles. The summed E-state index contributed by atoms with van der Waals surface area (Å²) in [4.78, 5) is 35.6. The van der Waals surface area contributed by atoms with E-state index in [4.69, 9.17) is 0 Å². The molecule has 2 rings (SSSR count). The molecule has 26 heavy (non-hydrogen) atoms. The van der Waals surface area contributed by atoms with Crippen molar-refractivity contribution < 1.29 is 34.1 Å². The maximum absolute atomic E-state index is 12.2.